The van der Waals surface area contributed by atoms with Gasteiger partial charge in [0.05, 0.1) is 12.7 Å². The van der Waals surface area contributed by atoms with E-state index in [0.29, 0.717) is 5.56 Å². The van der Waals surface area contributed by atoms with E-state index in [0.717, 1.165) is 31.7 Å². The predicted molar refractivity (Wildman–Crippen MR) is 65.0 cm³/mol. The van der Waals surface area contributed by atoms with Crippen molar-refractivity contribution in [1.29, 1.82) is 0 Å². The van der Waals surface area contributed by atoms with E-state index in [2.05, 4.69) is 14.6 Å². The summed E-state index contributed by atoms with van der Waals surface area (Å²) in [7, 11) is 1.36. The largest absolute Gasteiger partial charge is 0.465 e. The minimum atomic E-state index is -0.362. The van der Waals surface area contributed by atoms with Gasteiger partial charge in [0.1, 0.15) is 5.82 Å². The molecule has 1 aliphatic rings. The van der Waals surface area contributed by atoms with Crippen LogP contribution in [0.3, 0.4) is 0 Å². The van der Waals surface area contributed by atoms with Gasteiger partial charge in [-0.3, -0.25) is 0 Å². The number of carbonyl (C=O) groups excluding carboxylic acids is 1. The summed E-state index contributed by atoms with van der Waals surface area (Å²) in [4.78, 5) is 17.7. The van der Waals surface area contributed by atoms with E-state index < -0.39 is 0 Å². The van der Waals surface area contributed by atoms with Gasteiger partial charge in [-0.25, -0.2) is 9.78 Å². The summed E-state index contributed by atoms with van der Waals surface area (Å²) in [5.41, 5.74) is 6.39. The molecule has 1 aliphatic heterocycles. The fraction of sp³-hybridized carbons (Fsp3) is 0.500. The van der Waals surface area contributed by atoms with Crippen LogP contribution in [0.25, 0.3) is 0 Å². The van der Waals surface area contributed by atoms with Gasteiger partial charge < -0.3 is 15.4 Å². The quantitative estimate of drug-likeness (QED) is 0.768. The molecule has 0 saturated carbocycles. The number of esters is 1. The first-order chi connectivity index (χ1) is 8.20. The minimum absolute atomic E-state index is 0.214. The third-order valence-electron chi connectivity index (χ3n) is 2.95. The van der Waals surface area contributed by atoms with Gasteiger partial charge in [0.15, 0.2) is 0 Å². The Hall–Kier alpha value is -1.62. The number of rotatable bonds is 2. The molecule has 2 heterocycles. The molecule has 1 fully saturated rings. The average Bonchev–Trinajstić information content (AvgIpc) is 2.38. The molecule has 5 nitrogen and oxygen atoms in total. The maximum absolute atomic E-state index is 11.3. The molecule has 0 amide bonds. The maximum atomic E-state index is 11.3. The second-order valence-electron chi connectivity index (χ2n) is 4.24. The highest BCUT2D eigenvalue weighted by atomic mass is 16.5. The SMILES string of the molecule is COC(=O)c1ccc(N2CCCC(N)C2)nc1. The highest BCUT2D eigenvalue weighted by Crippen LogP contribution is 2.17. The first-order valence-corrected chi connectivity index (χ1v) is 5.75. The van der Waals surface area contributed by atoms with Crippen LogP contribution in [-0.4, -0.2) is 37.2 Å². The molecule has 0 radical (unpaired) electrons. The van der Waals surface area contributed by atoms with Crippen molar-refractivity contribution in [3.05, 3.63) is 23.9 Å². The number of nitrogens with two attached hydrogens (primary N) is 1. The Kier molecular flexibility index (Phi) is 3.58. The lowest BCUT2D eigenvalue weighted by Gasteiger charge is -2.31. The molecule has 1 aromatic rings. The molecular formula is C12H17N3O2. The van der Waals surface area contributed by atoms with E-state index in [9.17, 15) is 4.79 Å². The van der Waals surface area contributed by atoms with Gasteiger partial charge in [0.25, 0.3) is 0 Å². The molecule has 0 bridgehead atoms. The average molecular weight is 235 g/mol. The number of pyridine rings is 1. The third kappa shape index (κ3) is 2.74. The Morgan fingerprint density at radius 2 is 2.41 bits per heavy atom. The summed E-state index contributed by atoms with van der Waals surface area (Å²) in [6.07, 6.45) is 3.69. The minimum Gasteiger partial charge on any atom is -0.465 e. The van der Waals surface area contributed by atoms with E-state index in [1.807, 2.05) is 6.07 Å². The molecule has 5 heteroatoms. The van der Waals surface area contributed by atoms with E-state index >= 15 is 0 Å². The van der Waals surface area contributed by atoms with E-state index in [4.69, 9.17) is 5.73 Å². The van der Waals surface area contributed by atoms with Crippen molar-refractivity contribution in [2.24, 2.45) is 5.73 Å². The van der Waals surface area contributed by atoms with Crippen LogP contribution in [0, 0.1) is 0 Å². The Labute approximate surface area is 101 Å². The smallest absolute Gasteiger partial charge is 0.339 e. The number of ether oxygens (including phenoxy) is 1. The lowest BCUT2D eigenvalue weighted by molar-refractivity contribution is 0.0600. The normalized spacial score (nSPS) is 20.1. The third-order valence-corrected chi connectivity index (χ3v) is 2.95. The van der Waals surface area contributed by atoms with Crippen LogP contribution in [0.2, 0.25) is 0 Å². The van der Waals surface area contributed by atoms with Crippen LogP contribution < -0.4 is 10.6 Å². The molecule has 1 aromatic heterocycles. The van der Waals surface area contributed by atoms with Crippen molar-refractivity contribution < 1.29 is 9.53 Å². The number of aromatic nitrogens is 1. The summed E-state index contributed by atoms with van der Waals surface area (Å²) in [5.74, 6) is 0.507. The van der Waals surface area contributed by atoms with Gasteiger partial charge >= 0.3 is 5.97 Å². The molecule has 2 rings (SSSR count). The topological polar surface area (TPSA) is 68.5 Å². The molecule has 92 valence electrons. The summed E-state index contributed by atoms with van der Waals surface area (Å²) < 4.78 is 4.63. The van der Waals surface area contributed by atoms with E-state index in [1.165, 1.54) is 7.11 Å². The predicted octanol–water partition coefficient (Wildman–Crippen LogP) is 0.796. The summed E-state index contributed by atoms with van der Waals surface area (Å²) in [5, 5.41) is 0. The Morgan fingerprint density at radius 3 is 3.00 bits per heavy atom. The Bertz CT molecular complexity index is 391. The first kappa shape index (κ1) is 11.9. The van der Waals surface area contributed by atoms with Gasteiger partial charge in [0.2, 0.25) is 0 Å². The van der Waals surface area contributed by atoms with Gasteiger partial charge in [-0.15, -0.1) is 0 Å². The number of anilines is 1. The Morgan fingerprint density at radius 1 is 1.59 bits per heavy atom. The van der Waals surface area contributed by atoms with Crippen molar-refractivity contribution >= 4 is 11.8 Å². The highest BCUT2D eigenvalue weighted by molar-refractivity contribution is 5.89. The molecule has 0 aromatic carbocycles. The van der Waals surface area contributed by atoms with Gasteiger partial charge in [0, 0.05) is 25.3 Å². The molecule has 0 spiro atoms. The van der Waals surface area contributed by atoms with Crippen LogP contribution in [-0.2, 0) is 4.74 Å². The second-order valence-corrected chi connectivity index (χ2v) is 4.24. The zero-order chi connectivity index (χ0) is 12.3. The van der Waals surface area contributed by atoms with Crippen LogP contribution >= 0.6 is 0 Å². The van der Waals surface area contributed by atoms with Gasteiger partial charge in [-0.05, 0) is 25.0 Å². The van der Waals surface area contributed by atoms with Crippen LogP contribution in [0.5, 0.6) is 0 Å². The van der Waals surface area contributed by atoms with Crippen molar-refractivity contribution in [1.82, 2.24) is 4.98 Å². The maximum Gasteiger partial charge on any atom is 0.339 e. The number of carbonyl (C=O) groups is 1. The molecule has 1 saturated heterocycles. The fourth-order valence-corrected chi connectivity index (χ4v) is 2.03. The molecule has 0 aliphatic carbocycles. The number of hydrogen-bond acceptors (Lipinski definition) is 5. The zero-order valence-electron chi connectivity index (χ0n) is 9.93. The summed E-state index contributed by atoms with van der Waals surface area (Å²) >= 11 is 0. The first-order valence-electron chi connectivity index (χ1n) is 5.75. The standard InChI is InChI=1S/C12H17N3O2/c1-17-12(16)9-4-5-11(14-7-9)15-6-2-3-10(13)8-15/h4-5,7,10H,2-3,6,8,13H2,1H3. The molecule has 17 heavy (non-hydrogen) atoms. The monoisotopic (exact) mass is 235 g/mol. The fourth-order valence-electron chi connectivity index (χ4n) is 2.03. The highest BCUT2D eigenvalue weighted by Gasteiger charge is 2.18. The van der Waals surface area contributed by atoms with Crippen LogP contribution in [0.1, 0.15) is 23.2 Å². The summed E-state index contributed by atoms with van der Waals surface area (Å²) in [6, 6.07) is 3.78. The number of hydrogen-bond donors (Lipinski definition) is 1. The number of methoxy groups -OCH3 is 1. The van der Waals surface area contributed by atoms with Gasteiger partial charge in [-0.1, -0.05) is 0 Å². The Balaban J connectivity index is 2.09. The molecule has 1 atom stereocenters. The zero-order valence-corrected chi connectivity index (χ0v) is 9.93. The number of piperidine rings is 1. The molecule has 1 unspecified atom stereocenters. The van der Waals surface area contributed by atoms with E-state index in [1.54, 1.807) is 12.3 Å². The lowest BCUT2D eigenvalue weighted by Crippen LogP contribution is -2.43. The van der Waals surface area contributed by atoms with Gasteiger partial charge in [-0.2, -0.15) is 0 Å². The second kappa shape index (κ2) is 5.14. The lowest BCUT2D eigenvalue weighted by atomic mass is 10.1. The van der Waals surface area contributed by atoms with Crippen molar-refractivity contribution in [2.45, 2.75) is 18.9 Å². The van der Waals surface area contributed by atoms with Crippen LogP contribution in [0.4, 0.5) is 5.82 Å². The number of nitrogens with zero attached hydrogens (tertiary/aromatic N) is 2. The molecular weight excluding hydrogens is 218 g/mol. The summed E-state index contributed by atoms with van der Waals surface area (Å²) in [6.45, 7) is 1.79. The van der Waals surface area contributed by atoms with Crippen LogP contribution in [0.15, 0.2) is 18.3 Å². The molecule has 2 N–H and O–H groups in total. The van der Waals surface area contributed by atoms with Crippen molar-refractivity contribution in [3.8, 4) is 0 Å². The van der Waals surface area contributed by atoms with E-state index in [-0.39, 0.29) is 12.0 Å². The van der Waals surface area contributed by atoms with Crippen molar-refractivity contribution in [3.63, 3.8) is 0 Å². The van der Waals surface area contributed by atoms with Crippen molar-refractivity contribution in [2.75, 3.05) is 25.1 Å².